The first-order valence-corrected chi connectivity index (χ1v) is 14.4. The molecule has 2 amide bonds. The van der Waals surface area contributed by atoms with E-state index in [4.69, 9.17) is 4.74 Å². The van der Waals surface area contributed by atoms with Crippen LogP contribution >= 0.6 is 0 Å². The molecule has 5 fully saturated rings. The highest BCUT2D eigenvalue weighted by molar-refractivity contribution is 5.82. The van der Waals surface area contributed by atoms with Crippen LogP contribution in [0.3, 0.4) is 0 Å². The summed E-state index contributed by atoms with van der Waals surface area (Å²) in [6.07, 6.45) is 12.0. The van der Waals surface area contributed by atoms with E-state index in [0.29, 0.717) is 54.2 Å². The number of hydrogen-bond acceptors (Lipinski definition) is 3. The van der Waals surface area contributed by atoms with Crippen molar-refractivity contribution in [1.82, 2.24) is 10.2 Å². The molecule has 7 heteroatoms. The molecule has 0 spiro atoms. The number of nitrogens with zero attached hydrogens (tertiary/aromatic N) is 1. The summed E-state index contributed by atoms with van der Waals surface area (Å²) in [5.74, 6) is 2.68. The molecular weight excluding hydrogens is 440 g/mol. The molecule has 2 aliphatic carbocycles. The van der Waals surface area contributed by atoms with Crippen molar-refractivity contribution in [1.29, 1.82) is 0 Å². The van der Waals surface area contributed by atoms with Gasteiger partial charge in [0, 0.05) is 37.3 Å². The van der Waals surface area contributed by atoms with Crippen molar-refractivity contribution in [2.75, 3.05) is 40.3 Å². The van der Waals surface area contributed by atoms with Crippen LogP contribution in [0.2, 0.25) is 0 Å². The number of nitrogens with one attached hydrogen (secondary N) is 2. The average Bonchev–Trinajstić information content (AvgIpc) is 3.20. The maximum Gasteiger partial charge on any atom is 0.246 e. The van der Waals surface area contributed by atoms with Crippen molar-refractivity contribution >= 4 is 11.8 Å². The van der Waals surface area contributed by atoms with Crippen LogP contribution in [0.1, 0.15) is 57.8 Å². The first-order valence-electron chi connectivity index (χ1n) is 14.4. The quantitative estimate of drug-likeness (QED) is 0.315. The van der Waals surface area contributed by atoms with Crippen LogP contribution in [0.25, 0.3) is 0 Å². The summed E-state index contributed by atoms with van der Waals surface area (Å²) in [5.41, 5.74) is 0. The number of amides is 2. The molecule has 3 aliphatic heterocycles. The zero-order chi connectivity index (χ0) is 24.5. The summed E-state index contributed by atoms with van der Waals surface area (Å²) in [6, 6.07) is 1.33. The molecule has 0 aromatic heterocycles. The van der Waals surface area contributed by atoms with E-state index in [2.05, 4.69) is 36.2 Å². The number of ether oxygens (including phenoxy) is 1. The van der Waals surface area contributed by atoms with Crippen LogP contribution in [0.5, 0.6) is 0 Å². The van der Waals surface area contributed by atoms with Crippen molar-refractivity contribution < 1.29 is 24.5 Å². The lowest BCUT2D eigenvalue weighted by Gasteiger charge is -2.50. The zero-order valence-corrected chi connectivity index (χ0v) is 21.9. The third kappa shape index (κ3) is 4.80. The molecule has 3 heterocycles. The van der Waals surface area contributed by atoms with Crippen molar-refractivity contribution in [3.05, 3.63) is 12.7 Å². The Bertz CT molecular complexity index is 788. The van der Waals surface area contributed by atoms with E-state index in [0.717, 1.165) is 38.6 Å². The second-order valence-electron chi connectivity index (χ2n) is 12.3. The molecule has 196 valence electrons. The number of fused-ring (bicyclic) bond motifs is 5. The highest BCUT2D eigenvalue weighted by Gasteiger charge is 2.65. The molecule has 9 unspecified atom stereocenters. The van der Waals surface area contributed by atoms with Gasteiger partial charge in [0.1, 0.15) is 12.6 Å². The van der Waals surface area contributed by atoms with Gasteiger partial charge in [-0.15, -0.1) is 6.58 Å². The van der Waals surface area contributed by atoms with Gasteiger partial charge in [-0.3, -0.25) is 9.59 Å². The molecule has 0 aromatic rings. The number of carbonyl (C=O) groups is 2. The molecule has 4 N–H and O–H groups in total. The van der Waals surface area contributed by atoms with Crippen LogP contribution in [0, 0.1) is 29.6 Å². The minimum Gasteiger partial charge on any atom is -0.368 e. The average molecular weight is 489 g/mol. The van der Waals surface area contributed by atoms with Gasteiger partial charge in [-0.2, -0.15) is 0 Å². The minimum absolute atomic E-state index is 0.00587. The summed E-state index contributed by atoms with van der Waals surface area (Å²) < 4.78 is 6.33. The molecule has 9 atom stereocenters. The highest BCUT2D eigenvalue weighted by Crippen LogP contribution is 2.55. The molecule has 7 nitrogen and oxygen atoms in total. The third-order valence-electron chi connectivity index (χ3n) is 10.0. The third-order valence-corrected chi connectivity index (χ3v) is 10.0. The largest absolute Gasteiger partial charge is 0.368 e. The number of piperidine rings is 2. The SMILES string of the molecule is C=CCC1C(OCC(=O)NCCC[NH+](C)C)CCC2C1C1CC[NH2+]C3C4CCCCC4C(=O)N2C13. The van der Waals surface area contributed by atoms with Gasteiger partial charge < -0.3 is 25.2 Å². The maximum atomic E-state index is 13.9. The number of quaternary nitrogens is 2. The van der Waals surface area contributed by atoms with Gasteiger partial charge in [-0.1, -0.05) is 18.9 Å². The van der Waals surface area contributed by atoms with Crippen LogP contribution in [0.4, 0.5) is 0 Å². The predicted molar refractivity (Wildman–Crippen MR) is 135 cm³/mol. The number of carbonyl (C=O) groups excluding carboxylic acids is 2. The van der Waals surface area contributed by atoms with Gasteiger partial charge in [0.15, 0.2) is 0 Å². The number of hydrogen-bond donors (Lipinski definition) is 3. The number of nitrogens with two attached hydrogens (primary N) is 1. The van der Waals surface area contributed by atoms with Crippen LogP contribution in [0.15, 0.2) is 12.7 Å². The van der Waals surface area contributed by atoms with Gasteiger partial charge in [0.05, 0.1) is 39.3 Å². The van der Waals surface area contributed by atoms with Gasteiger partial charge >= 0.3 is 0 Å². The molecule has 0 aromatic carbocycles. The predicted octanol–water partition coefficient (Wildman–Crippen LogP) is -0.0240. The number of rotatable bonds is 9. The lowest BCUT2D eigenvalue weighted by atomic mass is 9.63. The van der Waals surface area contributed by atoms with E-state index in [9.17, 15) is 9.59 Å². The van der Waals surface area contributed by atoms with Crippen molar-refractivity contribution in [2.45, 2.75) is 82.0 Å². The first-order chi connectivity index (χ1) is 17.0. The number of allylic oxidation sites excluding steroid dienone is 1. The fourth-order valence-corrected chi connectivity index (χ4v) is 8.78. The van der Waals surface area contributed by atoms with Crippen LogP contribution in [-0.2, 0) is 14.3 Å². The van der Waals surface area contributed by atoms with Crippen LogP contribution in [-0.4, -0.2) is 81.3 Å². The topological polar surface area (TPSA) is 79.7 Å². The fraction of sp³-hybridized carbons (Fsp3) is 0.857. The summed E-state index contributed by atoms with van der Waals surface area (Å²) >= 11 is 0. The van der Waals surface area contributed by atoms with Gasteiger partial charge in [-0.25, -0.2) is 0 Å². The molecular formula is C28H48N4O3+2. The summed E-state index contributed by atoms with van der Waals surface area (Å²) in [4.78, 5) is 30.1. The van der Waals surface area contributed by atoms with Gasteiger partial charge in [-0.05, 0) is 49.9 Å². The summed E-state index contributed by atoms with van der Waals surface area (Å²) in [5, 5.41) is 5.62. The molecule has 35 heavy (non-hydrogen) atoms. The molecule has 0 bridgehead atoms. The minimum atomic E-state index is -0.00587. The summed E-state index contributed by atoms with van der Waals surface area (Å²) in [7, 11) is 4.26. The zero-order valence-electron chi connectivity index (χ0n) is 21.9. The van der Waals surface area contributed by atoms with E-state index in [1.807, 2.05) is 6.08 Å². The van der Waals surface area contributed by atoms with Crippen molar-refractivity contribution in [2.24, 2.45) is 29.6 Å². The van der Waals surface area contributed by atoms with Crippen molar-refractivity contribution in [3.63, 3.8) is 0 Å². The van der Waals surface area contributed by atoms with Gasteiger partial charge in [0.2, 0.25) is 11.8 Å². The second-order valence-corrected chi connectivity index (χ2v) is 12.3. The molecule has 5 rings (SSSR count). The Hall–Kier alpha value is -1.44. The van der Waals surface area contributed by atoms with Crippen molar-refractivity contribution in [3.8, 4) is 0 Å². The molecule has 3 saturated heterocycles. The molecule has 2 saturated carbocycles. The summed E-state index contributed by atoms with van der Waals surface area (Å²) in [6.45, 7) is 7.16. The fourth-order valence-electron chi connectivity index (χ4n) is 8.78. The van der Waals surface area contributed by atoms with Crippen LogP contribution < -0.4 is 15.5 Å². The Labute approximate surface area is 211 Å². The van der Waals surface area contributed by atoms with E-state index < -0.39 is 0 Å². The Kier molecular flexibility index (Phi) is 7.85. The van der Waals surface area contributed by atoms with Gasteiger partial charge in [0.25, 0.3) is 0 Å². The van der Waals surface area contributed by atoms with E-state index in [-0.39, 0.29) is 24.5 Å². The Morgan fingerprint density at radius 2 is 2.03 bits per heavy atom. The highest BCUT2D eigenvalue weighted by atomic mass is 16.5. The Morgan fingerprint density at radius 1 is 1.20 bits per heavy atom. The first kappa shape index (κ1) is 25.2. The monoisotopic (exact) mass is 488 g/mol. The standard InChI is InChI=1S/C28H46N4O3/c1-4-8-20-23(35-17-24(33)29-14-7-16-31(2)3)12-11-22-25(20)21-13-15-30-26-18-9-5-6-10-19(18)28(34)32(22)27(21)26/h4,18-23,25-27,30H,1,5-17H2,2-3H3,(H,29,33)/p+2. The smallest absolute Gasteiger partial charge is 0.246 e. The Balaban J connectivity index is 1.28. The normalized spacial score (nSPS) is 40.1. The Morgan fingerprint density at radius 3 is 2.83 bits per heavy atom. The van der Waals surface area contributed by atoms with E-state index in [1.165, 1.54) is 37.1 Å². The van der Waals surface area contributed by atoms with E-state index in [1.54, 1.807) is 0 Å². The maximum absolute atomic E-state index is 13.9. The second kappa shape index (κ2) is 10.9. The lowest BCUT2D eigenvalue weighted by Crippen LogP contribution is -3.05. The molecule has 5 aliphatic rings. The molecule has 0 radical (unpaired) electrons. The lowest BCUT2D eigenvalue weighted by molar-refractivity contribution is -0.858. The van der Waals surface area contributed by atoms with E-state index >= 15 is 0 Å².